The highest BCUT2D eigenvalue weighted by Crippen LogP contribution is 2.32. The number of hydrogen-bond acceptors (Lipinski definition) is 3. The Morgan fingerprint density at radius 3 is 2.59 bits per heavy atom. The van der Waals surface area contributed by atoms with Gasteiger partial charge in [-0.25, -0.2) is 0 Å². The Balaban J connectivity index is 1.54. The number of rotatable bonds is 6. The van der Waals surface area contributed by atoms with Crippen molar-refractivity contribution in [3.05, 3.63) is 94.3 Å². The lowest BCUT2D eigenvalue weighted by molar-refractivity contribution is -0.139. The molecule has 0 saturated carbocycles. The van der Waals surface area contributed by atoms with Gasteiger partial charge in [-0.05, 0) is 52.9 Å². The average Bonchev–Trinajstić information content (AvgIpc) is 3.17. The summed E-state index contributed by atoms with van der Waals surface area (Å²) in [5.74, 6) is 0.710. The summed E-state index contributed by atoms with van der Waals surface area (Å²) in [6.45, 7) is 3.14. The molecule has 4 nitrogen and oxygen atoms in total. The Hall–Kier alpha value is -2.85. The number of carbonyl (C=O) groups is 1. The highest BCUT2D eigenvalue weighted by atomic mass is 35.5. The van der Waals surface area contributed by atoms with Gasteiger partial charge in [0.15, 0.2) is 6.10 Å². The van der Waals surface area contributed by atoms with Crippen molar-refractivity contribution in [2.24, 2.45) is 0 Å². The summed E-state index contributed by atoms with van der Waals surface area (Å²) in [5.41, 5.74) is 4.34. The van der Waals surface area contributed by atoms with Crippen LogP contribution in [0.15, 0.2) is 67.0 Å². The minimum absolute atomic E-state index is 0.0271. The first-order chi connectivity index (χ1) is 14.1. The molecular formula is C24H23ClN2O2. The zero-order valence-corrected chi connectivity index (χ0v) is 17.1. The molecule has 0 radical (unpaired) electrons. The second kappa shape index (κ2) is 8.66. The fourth-order valence-electron chi connectivity index (χ4n) is 3.58. The van der Waals surface area contributed by atoms with E-state index in [4.69, 9.17) is 16.3 Å². The second-order valence-corrected chi connectivity index (χ2v) is 7.72. The molecule has 0 unspecified atom stereocenters. The molecule has 1 amide bonds. The third-order valence-electron chi connectivity index (χ3n) is 5.19. The molecule has 29 heavy (non-hydrogen) atoms. The quantitative estimate of drug-likeness (QED) is 0.588. The van der Waals surface area contributed by atoms with Gasteiger partial charge < -0.3 is 9.64 Å². The molecule has 0 fully saturated rings. The number of aromatic nitrogens is 1. The zero-order valence-electron chi connectivity index (χ0n) is 16.3. The Labute approximate surface area is 176 Å². The number of hydrogen-bond donors (Lipinski definition) is 0. The van der Waals surface area contributed by atoms with Crippen molar-refractivity contribution in [1.82, 2.24) is 9.88 Å². The highest BCUT2D eigenvalue weighted by Gasteiger charge is 2.32. The van der Waals surface area contributed by atoms with Crippen molar-refractivity contribution in [1.29, 1.82) is 0 Å². The summed E-state index contributed by atoms with van der Waals surface area (Å²) < 4.78 is 5.95. The maximum Gasteiger partial charge on any atom is 0.264 e. The molecule has 2 aromatic carbocycles. The van der Waals surface area contributed by atoms with Crippen LogP contribution in [0.2, 0.25) is 5.02 Å². The van der Waals surface area contributed by atoms with Gasteiger partial charge in [-0.15, -0.1) is 0 Å². The number of amides is 1. The third-order valence-corrected chi connectivity index (χ3v) is 5.42. The van der Waals surface area contributed by atoms with E-state index in [1.165, 1.54) is 5.56 Å². The van der Waals surface area contributed by atoms with E-state index >= 15 is 0 Å². The van der Waals surface area contributed by atoms with Gasteiger partial charge in [0, 0.05) is 36.9 Å². The van der Waals surface area contributed by atoms with Crippen molar-refractivity contribution in [2.45, 2.75) is 39.0 Å². The van der Waals surface area contributed by atoms with Crippen LogP contribution in [0.25, 0.3) is 0 Å². The average molecular weight is 407 g/mol. The van der Waals surface area contributed by atoms with Gasteiger partial charge in [-0.1, -0.05) is 48.9 Å². The summed E-state index contributed by atoms with van der Waals surface area (Å²) in [6.07, 6.45) is 4.53. The van der Waals surface area contributed by atoms with E-state index in [-0.39, 0.29) is 5.91 Å². The standard InChI is InChI=1S/C24H23ClN2O2/c1-2-17-5-7-18(8-6-17)15-27(16-19-4-3-11-26-14-19)24(28)23-13-20-12-21(25)9-10-22(20)29-23/h3-12,14,23H,2,13,15-16H2,1H3/t23-/m0/s1. The van der Waals surface area contributed by atoms with Crippen LogP contribution in [0.1, 0.15) is 29.2 Å². The van der Waals surface area contributed by atoms with E-state index in [0.717, 1.165) is 28.9 Å². The topological polar surface area (TPSA) is 42.4 Å². The lowest BCUT2D eigenvalue weighted by Gasteiger charge is -2.25. The van der Waals surface area contributed by atoms with Gasteiger partial charge in [-0.3, -0.25) is 9.78 Å². The van der Waals surface area contributed by atoms with Gasteiger partial charge in [0.1, 0.15) is 5.75 Å². The first-order valence-corrected chi connectivity index (χ1v) is 10.2. The zero-order chi connectivity index (χ0) is 20.2. The molecule has 0 spiro atoms. The Morgan fingerprint density at radius 2 is 1.86 bits per heavy atom. The SMILES string of the molecule is CCc1ccc(CN(Cc2cccnc2)C(=O)[C@@H]2Cc3cc(Cl)ccc3O2)cc1. The number of aryl methyl sites for hydroxylation is 1. The minimum Gasteiger partial charge on any atom is -0.480 e. The summed E-state index contributed by atoms with van der Waals surface area (Å²) in [7, 11) is 0. The molecule has 148 valence electrons. The van der Waals surface area contributed by atoms with Crippen LogP contribution >= 0.6 is 11.6 Å². The summed E-state index contributed by atoms with van der Waals surface area (Å²) in [4.78, 5) is 19.4. The number of carbonyl (C=O) groups excluding carboxylic acids is 1. The van der Waals surface area contributed by atoms with Crippen LogP contribution in [0, 0.1) is 0 Å². The Morgan fingerprint density at radius 1 is 1.10 bits per heavy atom. The van der Waals surface area contributed by atoms with Gasteiger partial charge in [0.2, 0.25) is 0 Å². The van der Waals surface area contributed by atoms with Crippen LogP contribution < -0.4 is 4.74 Å². The van der Waals surface area contributed by atoms with Crippen LogP contribution in [0.5, 0.6) is 5.75 Å². The van der Waals surface area contributed by atoms with E-state index in [0.29, 0.717) is 24.5 Å². The van der Waals surface area contributed by atoms with Crippen molar-refractivity contribution >= 4 is 17.5 Å². The van der Waals surface area contributed by atoms with Crippen LogP contribution in [0.4, 0.5) is 0 Å². The molecule has 4 rings (SSSR count). The Bertz CT molecular complexity index is 990. The first kappa shape index (κ1) is 19.5. The van der Waals surface area contributed by atoms with Crippen LogP contribution in [-0.4, -0.2) is 21.9 Å². The molecule has 0 aliphatic carbocycles. The van der Waals surface area contributed by atoms with Crippen molar-refractivity contribution in [3.8, 4) is 5.75 Å². The largest absolute Gasteiger partial charge is 0.480 e. The summed E-state index contributed by atoms with van der Waals surface area (Å²) >= 11 is 6.09. The van der Waals surface area contributed by atoms with E-state index in [1.807, 2.05) is 29.2 Å². The summed E-state index contributed by atoms with van der Waals surface area (Å²) in [6, 6.07) is 17.8. The van der Waals surface area contributed by atoms with E-state index in [1.54, 1.807) is 18.5 Å². The number of ether oxygens (including phenoxy) is 1. The fraction of sp³-hybridized carbons (Fsp3) is 0.250. The number of fused-ring (bicyclic) bond motifs is 1. The number of halogens is 1. The van der Waals surface area contributed by atoms with Gasteiger partial charge in [-0.2, -0.15) is 0 Å². The molecule has 2 heterocycles. The number of nitrogens with zero attached hydrogens (tertiary/aromatic N) is 2. The van der Waals surface area contributed by atoms with Gasteiger partial charge in [0.05, 0.1) is 0 Å². The predicted octanol–water partition coefficient (Wildman–Crippen LogP) is 4.83. The van der Waals surface area contributed by atoms with Crippen molar-refractivity contribution in [2.75, 3.05) is 0 Å². The molecule has 3 aromatic rings. The van der Waals surface area contributed by atoms with Crippen LogP contribution in [-0.2, 0) is 30.7 Å². The summed E-state index contributed by atoms with van der Waals surface area (Å²) in [5, 5.41) is 0.656. The molecule has 0 saturated heterocycles. The highest BCUT2D eigenvalue weighted by molar-refractivity contribution is 6.30. The number of benzene rings is 2. The van der Waals surface area contributed by atoms with Crippen molar-refractivity contribution < 1.29 is 9.53 Å². The Kier molecular flexibility index (Phi) is 5.81. The molecule has 1 aromatic heterocycles. The number of pyridine rings is 1. The monoisotopic (exact) mass is 406 g/mol. The smallest absolute Gasteiger partial charge is 0.264 e. The molecular weight excluding hydrogens is 384 g/mol. The normalized spacial score (nSPS) is 14.9. The van der Waals surface area contributed by atoms with E-state index in [9.17, 15) is 4.79 Å². The lowest BCUT2D eigenvalue weighted by atomic mass is 10.1. The molecule has 0 N–H and O–H groups in total. The molecule has 1 atom stereocenters. The molecule has 1 aliphatic rings. The second-order valence-electron chi connectivity index (χ2n) is 7.29. The maximum atomic E-state index is 13.4. The molecule has 5 heteroatoms. The maximum absolute atomic E-state index is 13.4. The third kappa shape index (κ3) is 4.60. The molecule has 0 bridgehead atoms. The first-order valence-electron chi connectivity index (χ1n) is 9.83. The van der Waals surface area contributed by atoms with Crippen LogP contribution in [0.3, 0.4) is 0 Å². The van der Waals surface area contributed by atoms with E-state index < -0.39 is 6.10 Å². The molecule has 1 aliphatic heterocycles. The van der Waals surface area contributed by atoms with Crippen molar-refractivity contribution in [3.63, 3.8) is 0 Å². The van der Waals surface area contributed by atoms with Gasteiger partial charge in [0.25, 0.3) is 5.91 Å². The fourth-order valence-corrected chi connectivity index (χ4v) is 3.78. The minimum atomic E-state index is -0.532. The lowest BCUT2D eigenvalue weighted by Crippen LogP contribution is -2.40. The predicted molar refractivity (Wildman–Crippen MR) is 114 cm³/mol. The van der Waals surface area contributed by atoms with E-state index in [2.05, 4.69) is 36.2 Å². The van der Waals surface area contributed by atoms with Gasteiger partial charge >= 0.3 is 0 Å².